The summed E-state index contributed by atoms with van der Waals surface area (Å²) in [6, 6.07) is 0. The maximum atomic E-state index is 9.09. The third kappa shape index (κ3) is 2.78. The first-order valence-corrected chi connectivity index (χ1v) is 5.49. The maximum Gasteiger partial charge on any atom is 0.0461 e. The Labute approximate surface area is 76.2 Å². The van der Waals surface area contributed by atoms with Gasteiger partial charge in [-0.3, -0.25) is 0 Å². The molecule has 0 radical (unpaired) electrons. The molecule has 1 aliphatic carbocycles. The van der Waals surface area contributed by atoms with Crippen LogP contribution in [0.25, 0.3) is 0 Å². The highest BCUT2D eigenvalue weighted by molar-refractivity contribution is 4.76. The summed E-state index contributed by atoms with van der Waals surface area (Å²) >= 11 is 0. The van der Waals surface area contributed by atoms with Gasteiger partial charge in [-0.25, -0.2) is 0 Å². The van der Waals surface area contributed by atoms with Gasteiger partial charge in [0.15, 0.2) is 0 Å². The molecule has 72 valence electrons. The average molecular weight is 170 g/mol. The lowest BCUT2D eigenvalue weighted by molar-refractivity contribution is 0.188. The first-order chi connectivity index (χ1) is 5.88. The van der Waals surface area contributed by atoms with E-state index in [4.69, 9.17) is 5.11 Å². The van der Waals surface area contributed by atoms with Gasteiger partial charge in [-0.2, -0.15) is 0 Å². The predicted octanol–water partition coefficient (Wildman–Crippen LogP) is 2.98. The summed E-state index contributed by atoms with van der Waals surface area (Å²) in [5, 5.41) is 9.09. The Morgan fingerprint density at radius 1 is 1.17 bits per heavy atom. The van der Waals surface area contributed by atoms with Gasteiger partial charge in [-0.15, -0.1) is 0 Å². The van der Waals surface area contributed by atoms with Crippen molar-refractivity contribution in [3.8, 4) is 0 Å². The zero-order valence-electron chi connectivity index (χ0n) is 8.26. The molecule has 0 saturated heterocycles. The van der Waals surface area contributed by atoms with Crippen molar-refractivity contribution in [1.82, 2.24) is 0 Å². The molecule has 12 heavy (non-hydrogen) atoms. The minimum atomic E-state index is 0.427. The molecule has 1 N–H and O–H groups in total. The third-order valence-electron chi connectivity index (χ3n) is 3.23. The van der Waals surface area contributed by atoms with Crippen molar-refractivity contribution in [2.75, 3.05) is 6.61 Å². The Morgan fingerprint density at radius 3 is 2.58 bits per heavy atom. The van der Waals surface area contributed by atoms with Crippen molar-refractivity contribution < 1.29 is 5.11 Å². The van der Waals surface area contributed by atoms with Crippen LogP contribution in [0.5, 0.6) is 0 Å². The molecular weight excluding hydrogens is 148 g/mol. The molecule has 0 aromatic heterocycles. The highest BCUT2D eigenvalue weighted by Crippen LogP contribution is 2.34. The van der Waals surface area contributed by atoms with Crippen LogP contribution in [0.4, 0.5) is 0 Å². The quantitative estimate of drug-likeness (QED) is 0.629. The van der Waals surface area contributed by atoms with Crippen LogP contribution in [-0.2, 0) is 0 Å². The molecule has 0 unspecified atom stereocenters. The Kier molecular flexibility index (Phi) is 4.67. The fourth-order valence-corrected chi connectivity index (χ4v) is 2.39. The number of rotatable bonds is 5. The topological polar surface area (TPSA) is 20.2 Å². The van der Waals surface area contributed by atoms with Crippen LogP contribution in [0.3, 0.4) is 0 Å². The molecule has 1 fully saturated rings. The standard InChI is InChI=1S/C11H22O/c1-2-3-4-6-10-7-5-8-11(10)9-12/h10-12H,2-9H2,1H3/t10-,11+/m1/s1. The van der Waals surface area contributed by atoms with Crippen LogP contribution < -0.4 is 0 Å². The molecule has 2 atom stereocenters. The van der Waals surface area contributed by atoms with Crippen LogP contribution >= 0.6 is 0 Å². The van der Waals surface area contributed by atoms with Crippen molar-refractivity contribution in [1.29, 1.82) is 0 Å². The lowest BCUT2D eigenvalue weighted by atomic mass is 9.91. The molecule has 0 aromatic rings. The van der Waals surface area contributed by atoms with E-state index in [0.29, 0.717) is 12.5 Å². The summed E-state index contributed by atoms with van der Waals surface area (Å²) in [6.07, 6.45) is 9.41. The first-order valence-electron chi connectivity index (χ1n) is 5.49. The fraction of sp³-hybridized carbons (Fsp3) is 1.00. The van der Waals surface area contributed by atoms with E-state index in [1.165, 1.54) is 44.9 Å². The van der Waals surface area contributed by atoms with Gasteiger partial charge in [0.05, 0.1) is 0 Å². The van der Waals surface area contributed by atoms with Gasteiger partial charge in [-0.05, 0) is 18.3 Å². The van der Waals surface area contributed by atoms with Gasteiger partial charge < -0.3 is 5.11 Å². The summed E-state index contributed by atoms with van der Waals surface area (Å²) in [5.41, 5.74) is 0. The third-order valence-corrected chi connectivity index (χ3v) is 3.23. The second kappa shape index (κ2) is 5.58. The number of unbranched alkanes of at least 4 members (excludes halogenated alkanes) is 2. The average Bonchev–Trinajstić information content (AvgIpc) is 2.52. The molecule has 0 bridgehead atoms. The normalized spacial score (nSPS) is 29.5. The zero-order valence-corrected chi connectivity index (χ0v) is 8.26. The van der Waals surface area contributed by atoms with Crippen LogP contribution in [0.1, 0.15) is 51.9 Å². The molecule has 0 spiro atoms. The van der Waals surface area contributed by atoms with Crippen molar-refractivity contribution >= 4 is 0 Å². The summed E-state index contributed by atoms with van der Waals surface area (Å²) in [5.74, 6) is 1.49. The molecule has 1 nitrogen and oxygen atoms in total. The smallest absolute Gasteiger partial charge is 0.0461 e. The van der Waals surface area contributed by atoms with Crippen LogP contribution in [0, 0.1) is 11.8 Å². The van der Waals surface area contributed by atoms with Gasteiger partial charge >= 0.3 is 0 Å². The Hall–Kier alpha value is -0.0400. The van der Waals surface area contributed by atoms with E-state index in [2.05, 4.69) is 6.92 Å². The zero-order chi connectivity index (χ0) is 8.81. The molecular formula is C11H22O. The minimum absolute atomic E-state index is 0.427. The summed E-state index contributed by atoms with van der Waals surface area (Å²) in [7, 11) is 0. The van der Waals surface area contributed by atoms with E-state index in [0.717, 1.165) is 5.92 Å². The Morgan fingerprint density at radius 2 is 1.92 bits per heavy atom. The van der Waals surface area contributed by atoms with Gasteiger partial charge in [0.1, 0.15) is 0 Å². The van der Waals surface area contributed by atoms with Gasteiger partial charge in [0.2, 0.25) is 0 Å². The maximum absolute atomic E-state index is 9.09. The van der Waals surface area contributed by atoms with E-state index in [1.807, 2.05) is 0 Å². The van der Waals surface area contributed by atoms with Gasteiger partial charge in [-0.1, -0.05) is 45.4 Å². The van der Waals surface area contributed by atoms with E-state index < -0.39 is 0 Å². The second-order valence-corrected chi connectivity index (χ2v) is 4.13. The van der Waals surface area contributed by atoms with E-state index in [-0.39, 0.29) is 0 Å². The van der Waals surface area contributed by atoms with Crippen LogP contribution in [0.2, 0.25) is 0 Å². The molecule has 0 amide bonds. The van der Waals surface area contributed by atoms with Crippen molar-refractivity contribution in [3.63, 3.8) is 0 Å². The van der Waals surface area contributed by atoms with Crippen molar-refractivity contribution in [2.24, 2.45) is 11.8 Å². The van der Waals surface area contributed by atoms with Gasteiger partial charge in [0.25, 0.3) is 0 Å². The Balaban J connectivity index is 2.12. The Bertz CT molecular complexity index is 112. The lowest BCUT2D eigenvalue weighted by Gasteiger charge is -2.16. The largest absolute Gasteiger partial charge is 0.396 e. The van der Waals surface area contributed by atoms with E-state index >= 15 is 0 Å². The molecule has 1 rings (SSSR count). The van der Waals surface area contributed by atoms with E-state index in [9.17, 15) is 0 Å². The molecule has 0 aliphatic heterocycles. The fourth-order valence-electron chi connectivity index (χ4n) is 2.39. The van der Waals surface area contributed by atoms with Crippen molar-refractivity contribution in [3.05, 3.63) is 0 Å². The second-order valence-electron chi connectivity index (χ2n) is 4.13. The number of hydrogen-bond acceptors (Lipinski definition) is 1. The molecule has 0 heterocycles. The van der Waals surface area contributed by atoms with Crippen molar-refractivity contribution in [2.45, 2.75) is 51.9 Å². The summed E-state index contributed by atoms with van der Waals surface area (Å²) in [4.78, 5) is 0. The van der Waals surface area contributed by atoms with E-state index in [1.54, 1.807) is 0 Å². The minimum Gasteiger partial charge on any atom is -0.396 e. The molecule has 1 aliphatic rings. The predicted molar refractivity (Wildman–Crippen MR) is 52.1 cm³/mol. The highest BCUT2D eigenvalue weighted by Gasteiger charge is 2.25. The lowest BCUT2D eigenvalue weighted by Crippen LogP contribution is -2.11. The molecule has 1 heteroatoms. The molecule has 0 aromatic carbocycles. The SMILES string of the molecule is CCCCC[C@@H]1CCC[C@H]1CO. The number of aliphatic hydroxyl groups excluding tert-OH is 1. The monoisotopic (exact) mass is 170 g/mol. The summed E-state index contributed by atoms with van der Waals surface area (Å²) in [6.45, 7) is 2.68. The molecule has 1 saturated carbocycles. The van der Waals surface area contributed by atoms with Crippen LogP contribution in [0.15, 0.2) is 0 Å². The van der Waals surface area contributed by atoms with Gasteiger partial charge in [0, 0.05) is 6.61 Å². The number of aliphatic hydroxyl groups is 1. The van der Waals surface area contributed by atoms with Crippen LogP contribution in [-0.4, -0.2) is 11.7 Å². The highest BCUT2D eigenvalue weighted by atomic mass is 16.3. The number of hydrogen-bond donors (Lipinski definition) is 1. The first kappa shape index (κ1) is 10.0. The summed E-state index contributed by atoms with van der Waals surface area (Å²) < 4.78 is 0.